The lowest BCUT2D eigenvalue weighted by Crippen LogP contribution is -2.41. The average molecular weight is 243 g/mol. The van der Waals surface area contributed by atoms with Gasteiger partial charge in [-0.2, -0.15) is 0 Å². The maximum Gasteiger partial charge on any atom is 0.321 e. The number of benzene rings is 1. The molecule has 0 saturated carbocycles. The number of hydrogen-bond acceptors (Lipinski definition) is 3. The van der Waals surface area contributed by atoms with Crippen LogP contribution in [-0.4, -0.2) is 23.7 Å². The van der Waals surface area contributed by atoms with E-state index in [-0.39, 0.29) is 12.6 Å². The lowest BCUT2D eigenvalue weighted by atomic mass is 10.1. The van der Waals surface area contributed by atoms with E-state index in [1.807, 2.05) is 25.1 Å². The highest BCUT2D eigenvalue weighted by Crippen LogP contribution is 2.21. The molecule has 0 saturated heterocycles. The Balaban J connectivity index is 2.56. The molecule has 0 aliphatic heterocycles. The van der Waals surface area contributed by atoms with Gasteiger partial charge in [0, 0.05) is 17.6 Å². The van der Waals surface area contributed by atoms with E-state index in [4.69, 9.17) is 22.4 Å². The molecule has 0 radical (unpaired) electrons. The van der Waals surface area contributed by atoms with Crippen molar-refractivity contribution < 1.29 is 9.90 Å². The van der Waals surface area contributed by atoms with E-state index in [1.54, 1.807) is 6.07 Å². The predicted octanol–water partition coefficient (Wildman–Crippen LogP) is 1.40. The standard InChI is InChI=1S/C11H15ClN2O2/c1-7(14-6-10(13)11(15)16)8-4-2-3-5-9(8)12/h2-5,7,10,14H,6,13H2,1H3,(H,15,16)/t7-,10?/m0/s1. The Kier molecular flexibility index (Phi) is 4.73. The van der Waals surface area contributed by atoms with Crippen LogP contribution in [0.4, 0.5) is 0 Å². The van der Waals surface area contributed by atoms with E-state index in [2.05, 4.69) is 5.32 Å². The van der Waals surface area contributed by atoms with Crippen LogP contribution in [0.1, 0.15) is 18.5 Å². The molecule has 4 N–H and O–H groups in total. The molecular formula is C11H15ClN2O2. The summed E-state index contributed by atoms with van der Waals surface area (Å²) in [6, 6.07) is 6.50. The summed E-state index contributed by atoms with van der Waals surface area (Å²) in [7, 11) is 0. The smallest absolute Gasteiger partial charge is 0.321 e. The molecule has 1 rings (SSSR count). The SMILES string of the molecule is C[C@H](NCC(N)C(=O)O)c1ccccc1Cl. The normalized spacial score (nSPS) is 14.4. The molecule has 16 heavy (non-hydrogen) atoms. The van der Waals surface area contributed by atoms with Crippen LogP contribution in [0, 0.1) is 0 Å². The van der Waals surface area contributed by atoms with Crippen LogP contribution in [0.25, 0.3) is 0 Å². The third-order valence-corrected chi connectivity index (χ3v) is 2.68. The first kappa shape index (κ1) is 13.0. The van der Waals surface area contributed by atoms with E-state index in [0.29, 0.717) is 5.02 Å². The molecule has 1 aromatic rings. The quantitative estimate of drug-likeness (QED) is 0.730. The topological polar surface area (TPSA) is 75.3 Å². The molecule has 0 aliphatic rings. The minimum atomic E-state index is -1.01. The van der Waals surface area contributed by atoms with Crippen molar-refractivity contribution in [1.29, 1.82) is 0 Å². The minimum Gasteiger partial charge on any atom is -0.480 e. The van der Waals surface area contributed by atoms with Crippen LogP contribution in [0.3, 0.4) is 0 Å². The summed E-state index contributed by atoms with van der Waals surface area (Å²) >= 11 is 6.01. The van der Waals surface area contributed by atoms with Gasteiger partial charge in [-0.1, -0.05) is 29.8 Å². The molecule has 88 valence electrons. The van der Waals surface area contributed by atoms with Crippen LogP contribution in [-0.2, 0) is 4.79 Å². The fraction of sp³-hybridized carbons (Fsp3) is 0.364. The van der Waals surface area contributed by atoms with Gasteiger partial charge in [-0.25, -0.2) is 0 Å². The average Bonchev–Trinajstić information content (AvgIpc) is 2.25. The molecule has 1 aromatic carbocycles. The zero-order chi connectivity index (χ0) is 12.1. The highest BCUT2D eigenvalue weighted by atomic mass is 35.5. The summed E-state index contributed by atoms with van der Waals surface area (Å²) in [5, 5.41) is 12.3. The zero-order valence-electron chi connectivity index (χ0n) is 8.98. The van der Waals surface area contributed by atoms with Crippen molar-refractivity contribution in [3.05, 3.63) is 34.9 Å². The first-order valence-corrected chi connectivity index (χ1v) is 5.36. The number of halogens is 1. The van der Waals surface area contributed by atoms with Crippen LogP contribution in [0.5, 0.6) is 0 Å². The maximum atomic E-state index is 10.5. The highest BCUT2D eigenvalue weighted by molar-refractivity contribution is 6.31. The summed E-state index contributed by atoms with van der Waals surface area (Å²) < 4.78 is 0. The third kappa shape index (κ3) is 3.48. The number of aliphatic carboxylic acids is 1. The molecule has 5 heteroatoms. The van der Waals surface area contributed by atoms with Crippen molar-refractivity contribution in [3.8, 4) is 0 Å². The summed E-state index contributed by atoms with van der Waals surface area (Å²) in [5.41, 5.74) is 6.32. The minimum absolute atomic E-state index is 0.0286. The van der Waals surface area contributed by atoms with Gasteiger partial charge in [0.25, 0.3) is 0 Å². The van der Waals surface area contributed by atoms with Gasteiger partial charge in [0.2, 0.25) is 0 Å². The van der Waals surface area contributed by atoms with Gasteiger partial charge < -0.3 is 16.2 Å². The maximum absolute atomic E-state index is 10.5. The van der Waals surface area contributed by atoms with Gasteiger partial charge in [-0.3, -0.25) is 4.79 Å². The molecular weight excluding hydrogens is 228 g/mol. The molecule has 0 aliphatic carbocycles. The van der Waals surface area contributed by atoms with Crippen molar-refractivity contribution in [2.75, 3.05) is 6.54 Å². The molecule has 2 atom stereocenters. The van der Waals surface area contributed by atoms with Crippen molar-refractivity contribution in [3.63, 3.8) is 0 Å². The summed E-state index contributed by atoms with van der Waals surface area (Å²) in [6.07, 6.45) is 0. The highest BCUT2D eigenvalue weighted by Gasteiger charge is 2.14. The van der Waals surface area contributed by atoms with E-state index < -0.39 is 12.0 Å². The molecule has 4 nitrogen and oxygen atoms in total. The third-order valence-electron chi connectivity index (χ3n) is 2.33. The number of carboxylic acid groups (broad SMARTS) is 1. The van der Waals surface area contributed by atoms with Gasteiger partial charge in [0.1, 0.15) is 6.04 Å². The first-order valence-electron chi connectivity index (χ1n) is 4.98. The van der Waals surface area contributed by atoms with Crippen molar-refractivity contribution in [1.82, 2.24) is 5.32 Å². The summed E-state index contributed by atoms with van der Waals surface area (Å²) in [6.45, 7) is 2.12. The Morgan fingerprint density at radius 1 is 1.56 bits per heavy atom. The van der Waals surface area contributed by atoms with E-state index in [1.165, 1.54) is 0 Å². The monoisotopic (exact) mass is 242 g/mol. The Morgan fingerprint density at radius 3 is 2.75 bits per heavy atom. The number of nitrogens with one attached hydrogen (secondary N) is 1. The first-order chi connectivity index (χ1) is 7.52. The number of hydrogen-bond donors (Lipinski definition) is 3. The molecule has 1 unspecified atom stereocenters. The van der Waals surface area contributed by atoms with Gasteiger partial charge in [0.15, 0.2) is 0 Å². The van der Waals surface area contributed by atoms with Crippen molar-refractivity contribution in [2.45, 2.75) is 19.0 Å². The molecule has 0 amide bonds. The predicted molar refractivity (Wildman–Crippen MR) is 63.5 cm³/mol. The molecule has 0 heterocycles. The fourth-order valence-corrected chi connectivity index (χ4v) is 1.63. The molecule has 0 spiro atoms. The van der Waals surface area contributed by atoms with Crippen LogP contribution in [0.15, 0.2) is 24.3 Å². The number of rotatable bonds is 5. The van der Waals surface area contributed by atoms with Crippen molar-refractivity contribution in [2.24, 2.45) is 5.73 Å². The largest absolute Gasteiger partial charge is 0.480 e. The molecule has 0 fully saturated rings. The van der Waals surface area contributed by atoms with Gasteiger partial charge in [-0.15, -0.1) is 0 Å². The second kappa shape index (κ2) is 5.84. The van der Waals surface area contributed by atoms with Crippen molar-refractivity contribution >= 4 is 17.6 Å². The van der Waals surface area contributed by atoms with Gasteiger partial charge >= 0.3 is 5.97 Å². The lowest BCUT2D eigenvalue weighted by molar-refractivity contribution is -0.138. The van der Waals surface area contributed by atoms with Crippen LogP contribution < -0.4 is 11.1 Å². The Hall–Kier alpha value is -1.10. The number of nitrogens with two attached hydrogens (primary N) is 1. The second-order valence-corrected chi connectivity index (χ2v) is 4.00. The summed E-state index contributed by atoms with van der Waals surface area (Å²) in [5.74, 6) is -1.01. The number of carbonyl (C=O) groups is 1. The summed E-state index contributed by atoms with van der Waals surface area (Å²) in [4.78, 5) is 10.5. The van der Waals surface area contributed by atoms with Crippen LogP contribution >= 0.6 is 11.6 Å². The van der Waals surface area contributed by atoms with Gasteiger partial charge in [0.05, 0.1) is 0 Å². The molecule has 0 bridgehead atoms. The van der Waals surface area contributed by atoms with E-state index >= 15 is 0 Å². The Labute approximate surface area is 99.4 Å². The van der Waals surface area contributed by atoms with E-state index in [9.17, 15) is 4.79 Å². The lowest BCUT2D eigenvalue weighted by Gasteiger charge is -2.17. The Bertz CT molecular complexity index is 371. The fourth-order valence-electron chi connectivity index (χ4n) is 1.33. The number of carboxylic acids is 1. The Morgan fingerprint density at radius 2 is 2.19 bits per heavy atom. The van der Waals surface area contributed by atoms with E-state index in [0.717, 1.165) is 5.56 Å². The second-order valence-electron chi connectivity index (χ2n) is 3.60. The van der Waals surface area contributed by atoms with Gasteiger partial charge in [-0.05, 0) is 18.6 Å². The van der Waals surface area contributed by atoms with Crippen LogP contribution in [0.2, 0.25) is 5.02 Å². The zero-order valence-corrected chi connectivity index (χ0v) is 9.74. The molecule has 0 aromatic heterocycles.